The molecule has 11 heavy (non-hydrogen) atoms. The molecule has 0 aliphatic rings. The predicted octanol–water partition coefficient (Wildman–Crippen LogP) is 3.56. The minimum Gasteiger partial charge on any atom is -0.158 e. The molecule has 0 aromatic carbocycles. The van der Waals surface area contributed by atoms with E-state index in [0.717, 1.165) is 11.6 Å². The lowest BCUT2D eigenvalue weighted by atomic mass is 10.3. The third-order valence-corrected chi connectivity index (χ3v) is 3.01. The summed E-state index contributed by atoms with van der Waals surface area (Å²) in [5.41, 5.74) is 1.40. The Morgan fingerprint density at radius 2 is 2.18 bits per heavy atom. The van der Waals surface area contributed by atoms with Crippen molar-refractivity contribution >= 4 is 23.4 Å². The molecule has 0 rings (SSSR count). The van der Waals surface area contributed by atoms with Gasteiger partial charge in [0.1, 0.15) is 0 Å². The molecule has 0 N–H and O–H groups in total. The minimum atomic E-state index is 0.646. The molecule has 0 radical (unpaired) electrons. The van der Waals surface area contributed by atoms with Gasteiger partial charge in [0.2, 0.25) is 0 Å². The summed E-state index contributed by atoms with van der Waals surface area (Å²) in [6.45, 7) is 6.44. The van der Waals surface area contributed by atoms with Crippen molar-refractivity contribution in [1.29, 1.82) is 0 Å². The van der Waals surface area contributed by atoms with Crippen molar-refractivity contribution in [2.75, 3.05) is 17.4 Å². The van der Waals surface area contributed by atoms with Crippen molar-refractivity contribution in [2.24, 2.45) is 5.92 Å². The van der Waals surface area contributed by atoms with Gasteiger partial charge in [0.25, 0.3) is 0 Å². The van der Waals surface area contributed by atoms with Gasteiger partial charge in [-0.15, -0.1) is 11.6 Å². The molecule has 0 nitrogen and oxygen atoms in total. The molecule has 0 fully saturated rings. The standard InChI is InChI=1S/C9H17ClS/c1-8(2)4-5-11-7-9(3)6-10/h4,9H,5-7H2,1-3H3. The maximum Gasteiger partial charge on any atom is 0.0257 e. The van der Waals surface area contributed by atoms with Gasteiger partial charge in [-0.1, -0.05) is 18.6 Å². The van der Waals surface area contributed by atoms with Crippen LogP contribution in [-0.4, -0.2) is 17.4 Å². The summed E-state index contributed by atoms with van der Waals surface area (Å²) >= 11 is 7.62. The van der Waals surface area contributed by atoms with E-state index in [4.69, 9.17) is 11.6 Å². The molecule has 0 aliphatic heterocycles. The fourth-order valence-electron chi connectivity index (χ4n) is 0.539. The van der Waals surface area contributed by atoms with Crippen LogP contribution in [0.5, 0.6) is 0 Å². The first kappa shape index (κ1) is 11.4. The first-order valence-corrected chi connectivity index (χ1v) is 5.62. The van der Waals surface area contributed by atoms with Crippen LogP contribution in [0.3, 0.4) is 0 Å². The van der Waals surface area contributed by atoms with Gasteiger partial charge in [-0.05, 0) is 25.5 Å². The maximum absolute atomic E-state index is 5.66. The second-order valence-electron chi connectivity index (χ2n) is 3.08. The van der Waals surface area contributed by atoms with E-state index in [2.05, 4.69) is 26.8 Å². The topological polar surface area (TPSA) is 0 Å². The summed E-state index contributed by atoms with van der Waals surface area (Å²) in [6, 6.07) is 0. The van der Waals surface area contributed by atoms with Crippen molar-refractivity contribution in [3.63, 3.8) is 0 Å². The second kappa shape index (κ2) is 7.05. The first-order valence-electron chi connectivity index (χ1n) is 3.94. The number of halogens is 1. The van der Waals surface area contributed by atoms with E-state index in [-0.39, 0.29) is 0 Å². The van der Waals surface area contributed by atoms with Gasteiger partial charge in [0.05, 0.1) is 0 Å². The van der Waals surface area contributed by atoms with Crippen LogP contribution in [0.2, 0.25) is 0 Å². The van der Waals surface area contributed by atoms with Crippen molar-refractivity contribution in [3.05, 3.63) is 11.6 Å². The molecular weight excluding hydrogens is 176 g/mol. The summed E-state index contributed by atoms with van der Waals surface area (Å²) in [6.07, 6.45) is 2.26. The summed E-state index contributed by atoms with van der Waals surface area (Å²) in [4.78, 5) is 0. The summed E-state index contributed by atoms with van der Waals surface area (Å²) in [5, 5.41) is 0. The van der Waals surface area contributed by atoms with E-state index in [9.17, 15) is 0 Å². The number of hydrogen-bond acceptors (Lipinski definition) is 1. The van der Waals surface area contributed by atoms with E-state index in [1.807, 2.05) is 11.8 Å². The highest BCUT2D eigenvalue weighted by Gasteiger charge is 1.97. The molecule has 0 aromatic heterocycles. The maximum atomic E-state index is 5.66. The molecule has 0 saturated carbocycles. The Labute approximate surface area is 79.4 Å². The van der Waals surface area contributed by atoms with Gasteiger partial charge in [-0.3, -0.25) is 0 Å². The van der Waals surface area contributed by atoms with Gasteiger partial charge in [0.15, 0.2) is 0 Å². The molecule has 1 unspecified atom stereocenters. The van der Waals surface area contributed by atoms with Crippen molar-refractivity contribution in [1.82, 2.24) is 0 Å². The van der Waals surface area contributed by atoms with E-state index >= 15 is 0 Å². The second-order valence-corrected chi connectivity index (χ2v) is 4.46. The highest BCUT2D eigenvalue weighted by Crippen LogP contribution is 2.10. The van der Waals surface area contributed by atoms with Crippen molar-refractivity contribution < 1.29 is 0 Å². The number of rotatable bonds is 5. The molecule has 0 aromatic rings. The molecule has 0 bridgehead atoms. The van der Waals surface area contributed by atoms with Crippen LogP contribution < -0.4 is 0 Å². The third-order valence-electron chi connectivity index (χ3n) is 1.28. The lowest BCUT2D eigenvalue weighted by molar-refractivity contribution is 0.759. The molecule has 0 aliphatic carbocycles. The molecule has 0 saturated heterocycles. The molecular formula is C9H17ClS. The number of thioether (sulfide) groups is 1. The third kappa shape index (κ3) is 8.28. The van der Waals surface area contributed by atoms with Crippen molar-refractivity contribution in [3.8, 4) is 0 Å². The van der Waals surface area contributed by atoms with Crippen LogP contribution in [0.1, 0.15) is 20.8 Å². The quantitative estimate of drug-likeness (QED) is 0.365. The molecule has 2 heteroatoms. The van der Waals surface area contributed by atoms with Gasteiger partial charge in [0, 0.05) is 11.6 Å². The molecule has 0 spiro atoms. The largest absolute Gasteiger partial charge is 0.158 e. The highest BCUT2D eigenvalue weighted by molar-refractivity contribution is 7.99. The van der Waals surface area contributed by atoms with Crippen LogP contribution in [0.4, 0.5) is 0 Å². The molecule has 0 amide bonds. The molecule has 1 atom stereocenters. The average Bonchev–Trinajstić information content (AvgIpc) is 1.97. The number of alkyl halides is 1. The lowest BCUT2D eigenvalue weighted by Gasteiger charge is -2.04. The SMILES string of the molecule is CC(C)=CCSCC(C)CCl. The summed E-state index contributed by atoms with van der Waals surface area (Å²) in [7, 11) is 0. The Hall–Kier alpha value is 0.380. The van der Waals surface area contributed by atoms with E-state index in [1.165, 1.54) is 11.3 Å². The van der Waals surface area contributed by atoms with E-state index in [1.54, 1.807) is 0 Å². The van der Waals surface area contributed by atoms with Crippen LogP contribution >= 0.6 is 23.4 Å². The zero-order chi connectivity index (χ0) is 8.69. The van der Waals surface area contributed by atoms with Gasteiger partial charge >= 0.3 is 0 Å². The van der Waals surface area contributed by atoms with E-state index < -0.39 is 0 Å². The average molecular weight is 193 g/mol. The Bertz CT molecular complexity index is 117. The first-order chi connectivity index (χ1) is 5.16. The lowest BCUT2D eigenvalue weighted by Crippen LogP contribution is -1.99. The Morgan fingerprint density at radius 3 is 2.64 bits per heavy atom. The van der Waals surface area contributed by atoms with Crippen LogP contribution in [0, 0.1) is 5.92 Å². The van der Waals surface area contributed by atoms with Crippen LogP contribution in [0.15, 0.2) is 11.6 Å². The fraction of sp³-hybridized carbons (Fsp3) is 0.778. The Balaban J connectivity index is 3.21. The van der Waals surface area contributed by atoms with Crippen LogP contribution in [-0.2, 0) is 0 Å². The van der Waals surface area contributed by atoms with Gasteiger partial charge in [-0.2, -0.15) is 11.8 Å². The highest BCUT2D eigenvalue weighted by atomic mass is 35.5. The summed E-state index contributed by atoms with van der Waals surface area (Å²) in [5.74, 6) is 3.73. The van der Waals surface area contributed by atoms with Gasteiger partial charge in [-0.25, -0.2) is 0 Å². The normalized spacial score (nSPS) is 12.7. The zero-order valence-electron chi connectivity index (χ0n) is 7.56. The molecule has 0 heterocycles. The Kier molecular flexibility index (Phi) is 7.30. The summed E-state index contributed by atoms with van der Waals surface area (Å²) < 4.78 is 0. The Morgan fingerprint density at radius 1 is 1.55 bits per heavy atom. The van der Waals surface area contributed by atoms with Crippen LogP contribution in [0.25, 0.3) is 0 Å². The molecule has 66 valence electrons. The minimum absolute atomic E-state index is 0.646. The predicted molar refractivity (Wildman–Crippen MR) is 56.6 cm³/mol. The number of hydrogen-bond donors (Lipinski definition) is 0. The monoisotopic (exact) mass is 192 g/mol. The fourth-order valence-corrected chi connectivity index (χ4v) is 1.89. The smallest absolute Gasteiger partial charge is 0.0257 e. The van der Waals surface area contributed by atoms with Crippen molar-refractivity contribution in [2.45, 2.75) is 20.8 Å². The van der Waals surface area contributed by atoms with E-state index in [0.29, 0.717) is 5.92 Å². The zero-order valence-corrected chi connectivity index (χ0v) is 9.13. The number of allylic oxidation sites excluding steroid dienone is 1. The van der Waals surface area contributed by atoms with Gasteiger partial charge < -0.3 is 0 Å².